The van der Waals surface area contributed by atoms with Crippen LogP contribution in [0.1, 0.15) is 28.8 Å². The molecule has 2 heterocycles. The maximum absolute atomic E-state index is 12.4. The van der Waals surface area contributed by atoms with E-state index in [0.29, 0.717) is 17.9 Å². The van der Waals surface area contributed by atoms with Crippen LogP contribution >= 0.6 is 0 Å². The molecule has 10 heteroatoms. The molecular formula is C16H15F3N4O3. The summed E-state index contributed by atoms with van der Waals surface area (Å²) in [6.07, 6.45) is -3.90. The Morgan fingerprint density at radius 3 is 2.23 bits per heavy atom. The zero-order valence-corrected chi connectivity index (χ0v) is 13.9. The molecule has 26 heavy (non-hydrogen) atoms. The highest BCUT2D eigenvalue weighted by atomic mass is 19.4. The van der Waals surface area contributed by atoms with Crippen molar-refractivity contribution in [1.29, 1.82) is 0 Å². The highest BCUT2D eigenvalue weighted by Crippen LogP contribution is 2.29. The van der Waals surface area contributed by atoms with Crippen LogP contribution in [0.5, 0.6) is 0 Å². The second kappa shape index (κ2) is 7.81. The summed E-state index contributed by atoms with van der Waals surface area (Å²) in [6, 6.07) is 6.77. The Balaban J connectivity index is 0.000000758. The molecule has 0 saturated heterocycles. The molecule has 0 unspecified atom stereocenters. The van der Waals surface area contributed by atoms with Crippen molar-refractivity contribution in [1.82, 2.24) is 15.1 Å². The number of hydrogen-bond donors (Lipinski definition) is 1. The molecule has 3 aromatic rings. The maximum atomic E-state index is 12.4. The van der Waals surface area contributed by atoms with Gasteiger partial charge in [-0.15, -0.1) is 0 Å². The summed E-state index contributed by atoms with van der Waals surface area (Å²) in [7, 11) is 0. The third kappa shape index (κ3) is 4.68. The van der Waals surface area contributed by atoms with Gasteiger partial charge in [0, 0.05) is 12.0 Å². The van der Waals surface area contributed by atoms with Gasteiger partial charge in [0.15, 0.2) is 5.89 Å². The first kappa shape index (κ1) is 19.2. The molecule has 2 N–H and O–H groups in total. The molecule has 0 spiro atoms. The molecule has 0 aliphatic carbocycles. The SMILES string of the molecule is Cc1nc(Cc2ccc(-c3noc(C(F)(F)F)n3)cc2)oc1C.NC=O. The van der Waals surface area contributed by atoms with Crippen LogP contribution in [0, 0.1) is 13.8 Å². The van der Waals surface area contributed by atoms with Crippen molar-refractivity contribution in [3.05, 3.63) is 53.1 Å². The van der Waals surface area contributed by atoms with Crippen LogP contribution in [0.3, 0.4) is 0 Å². The van der Waals surface area contributed by atoms with Gasteiger partial charge in [0.1, 0.15) is 5.76 Å². The van der Waals surface area contributed by atoms with Gasteiger partial charge in [0.05, 0.1) is 5.69 Å². The summed E-state index contributed by atoms with van der Waals surface area (Å²) in [4.78, 5) is 16.2. The van der Waals surface area contributed by atoms with Crippen molar-refractivity contribution in [3.63, 3.8) is 0 Å². The molecule has 0 aliphatic rings. The normalized spacial score (nSPS) is 11.0. The first-order chi connectivity index (χ1) is 12.2. The van der Waals surface area contributed by atoms with E-state index in [1.807, 2.05) is 13.8 Å². The van der Waals surface area contributed by atoms with E-state index in [4.69, 9.17) is 9.21 Å². The summed E-state index contributed by atoms with van der Waals surface area (Å²) >= 11 is 0. The predicted molar refractivity (Wildman–Crippen MR) is 83.8 cm³/mol. The van der Waals surface area contributed by atoms with Crippen LogP contribution in [0.25, 0.3) is 11.4 Å². The van der Waals surface area contributed by atoms with E-state index in [-0.39, 0.29) is 12.2 Å². The number of benzene rings is 1. The van der Waals surface area contributed by atoms with E-state index >= 15 is 0 Å². The van der Waals surface area contributed by atoms with Gasteiger partial charge < -0.3 is 14.7 Å². The van der Waals surface area contributed by atoms with Crippen molar-refractivity contribution in [2.24, 2.45) is 5.73 Å². The van der Waals surface area contributed by atoms with Gasteiger partial charge in [-0.05, 0) is 19.4 Å². The zero-order chi connectivity index (χ0) is 19.3. The van der Waals surface area contributed by atoms with Crippen molar-refractivity contribution < 1.29 is 26.9 Å². The molecule has 0 radical (unpaired) electrons. The number of nitrogens with zero attached hydrogens (tertiary/aromatic N) is 3. The van der Waals surface area contributed by atoms with Crippen molar-refractivity contribution in [2.75, 3.05) is 0 Å². The van der Waals surface area contributed by atoms with Crippen molar-refractivity contribution in [3.8, 4) is 11.4 Å². The maximum Gasteiger partial charge on any atom is 0.471 e. The monoisotopic (exact) mass is 368 g/mol. The quantitative estimate of drug-likeness (QED) is 0.712. The molecule has 0 saturated carbocycles. The number of carbonyl (C=O) groups is 1. The Morgan fingerprint density at radius 1 is 1.15 bits per heavy atom. The summed E-state index contributed by atoms with van der Waals surface area (Å²) in [5.74, 6) is -0.108. The highest BCUT2D eigenvalue weighted by Gasteiger charge is 2.38. The van der Waals surface area contributed by atoms with Crippen LogP contribution in [0.15, 0.2) is 33.2 Å². The largest absolute Gasteiger partial charge is 0.471 e. The van der Waals surface area contributed by atoms with Crippen LogP contribution in [0.2, 0.25) is 0 Å². The molecular weight excluding hydrogens is 353 g/mol. The molecule has 1 aromatic carbocycles. The smallest absolute Gasteiger partial charge is 0.445 e. The van der Waals surface area contributed by atoms with Gasteiger partial charge in [-0.1, -0.05) is 29.4 Å². The number of carbonyl (C=O) groups excluding carboxylic acids is 1. The van der Waals surface area contributed by atoms with Crippen LogP contribution in [-0.2, 0) is 17.4 Å². The average Bonchev–Trinajstić information content (AvgIpc) is 3.16. The first-order valence-electron chi connectivity index (χ1n) is 7.33. The van der Waals surface area contributed by atoms with Crippen molar-refractivity contribution >= 4 is 6.41 Å². The second-order valence-corrected chi connectivity index (χ2v) is 5.18. The number of nitrogens with two attached hydrogens (primary N) is 1. The van der Waals surface area contributed by atoms with Gasteiger partial charge >= 0.3 is 12.1 Å². The molecule has 138 valence electrons. The molecule has 0 bridgehead atoms. The van der Waals surface area contributed by atoms with Crippen LogP contribution in [-0.4, -0.2) is 21.5 Å². The molecule has 0 aliphatic heterocycles. The number of halogens is 3. The van der Waals surface area contributed by atoms with Gasteiger partial charge in [-0.25, -0.2) is 4.98 Å². The van der Waals surface area contributed by atoms with E-state index in [1.54, 1.807) is 24.3 Å². The minimum atomic E-state index is -4.65. The fourth-order valence-electron chi connectivity index (χ4n) is 2.02. The standard InChI is InChI=1S/C15H12F3N3O2.CH3NO/c1-8-9(2)22-12(19-8)7-10-3-5-11(6-4-10)13-20-14(23-21-13)15(16,17)18;2-1-3/h3-6H,7H2,1-2H3;1H,(H2,2,3). The number of rotatable bonds is 3. The lowest BCUT2D eigenvalue weighted by Gasteiger charge is -1.99. The van der Waals surface area contributed by atoms with E-state index in [1.165, 1.54) is 0 Å². The highest BCUT2D eigenvalue weighted by molar-refractivity contribution is 5.54. The Morgan fingerprint density at radius 2 is 1.77 bits per heavy atom. The number of oxazole rings is 1. The minimum Gasteiger partial charge on any atom is -0.445 e. The predicted octanol–water partition coefficient (Wildman–Crippen LogP) is 3.05. The van der Waals surface area contributed by atoms with Gasteiger partial charge in [-0.2, -0.15) is 18.2 Å². The van der Waals surface area contributed by atoms with Gasteiger partial charge in [0.2, 0.25) is 12.2 Å². The molecule has 0 fully saturated rings. The Kier molecular flexibility index (Phi) is 5.75. The second-order valence-electron chi connectivity index (χ2n) is 5.18. The van der Waals surface area contributed by atoms with Gasteiger partial charge in [0.25, 0.3) is 0 Å². The number of aryl methyl sites for hydroxylation is 2. The Hall–Kier alpha value is -3.17. The number of primary amides is 1. The molecule has 7 nitrogen and oxygen atoms in total. The fourth-order valence-corrected chi connectivity index (χ4v) is 2.02. The van der Waals surface area contributed by atoms with E-state index in [0.717, 1.165) is 17.0 Å². The lowest BCUT2D eigenvalue weighted by molar-refractivity contribution is -0.159. The molecule has 0 atom stereocenters. The summed E-state index contributed by atoms with van der Waals surface area (Å²) in [5.41, 5.74) is 6.35. The number of aromatic nitrogens is 3. The van der Waals surface area contributed by atoms with Crippen LogP contribution < -0.4 is 5.73 Å². The summed E-state index contributed by atoms with van der Waals surface area (Å²) in [6.45, 7) is 3.70. The van der Waals surface area contributed by atoms with E-state index in [9.17, 15) is 13.2 Å². The molecule has 1 amide bonds. The van der Waals surface area contributed by atoms with Crippen LogP contribution in [0.4, 0.5) is 13.2 Å². The fraction of sp³-hybridized carbons (Fsp3) is 0.250. The zero-order valence-electron chi connectivity index (χ0n) is 13.9. The molecule has 2 aromatic heterocycles. The van der Waals surface area contributed by atoms with Crippen molar-refractivity contribution in [2.45, 2.75) is 26.4 Å². The topological polar surface area (TPSA) is 108 Å². The third-order valence-electron chi connectivity index (χ3n) is 3.31. The Bertz CT molecular complexity index is 850. The lowest BCUT2D eigenvalue weighted by Crippen LogP contribution is -2.04. The van der Waals surface area contributed by atoms with E-state index < -0.39 is 12.1 Å². The van der Waals surface area contributed by atoms with E-state index in [2.05, 4.69) is 25.4 Å². The Labute approximate surface area is 146 Å². The lowest BCUT2D eigenvalue weighted by atomic mass is 10.1. The number of amides is 1. The summed E-state index contributed by atoms with van der Waals surface area (Å²) in [5, 5.41) is 3.34. The number of alkyl halides is 3. The first-order valence-corrected chi connectivity index (χ1v) is 7.33. The summed E-state index contributed by atoms with van der Waals surface area (Å²) < 4.78 is 47.0. The average molecular weight is 368 g/mol. The van der Waals surface area contributed by atoms with Gasteiger partial charge in [-0.3, -0.25) is 4.79 Å². The molecule has 3 rings (SSSR count). The minimum absolute atomic E-state index is 0.105. The third-order valence-corrected chi connectivity index (χ3v) is 3.31. The number of hydrogen-bond acceptors (Lipinski definition) is 6.